The van der Waals surface area contributed by atoms with Gasteiger partial charge >= 0.3 is 12.1 Å². The van der Waals surface area contributed by atoms with Crippen LogP contribution in [0.5, 0.6) is 5.75 Å². The van der Waals surface area contributed by atoms with Gasteiger partial charge in [0, 0.05) is 5.02 Å². The predicted molar refractivity (Wildman–Crippen MR) is 128 cm³/mol. The summed E-state index contributed by atoms with van der Waals surface area (Å²) in [5, 5.41) is 10.0. The first-order valence-corrected chi connectivity index (χ1v) is 12.0. The van der Waals surface area contributed by atoms with Crippen LogP contribution in [0, 0.1) is 0 Å². The van der Waals surface area contributed by atoms with Gasteiger partial charge in [-0.25, -0.2) is 9.79 Å². The van der Waals surface area contributed by atoms with Crippen LogP contribution in [0.4, 0.5) is 13.2 Å². The Bertz CT molecular complexity index is 1530. The molecule has 0 bridgehead atoms. The van der Waals surface area contributed by atoms with Gasteiger partial charge in [0.25, 0.3) is 5.56 Å². The number of halogens is 5. The number of nitrogens with zero attached hydrogens (tertiary/aromatic N) is 2. The molecule has 2 heterocycles. The highest BCUT2D eigenvalue weighted by atomic mass is 79.9. The second kappa shape index (κ2) is 9.63. The fraction of sp³-hybridized carbons (Fsp3) is 0.174. The third kappa shape index (κ3) is 4.93. The molecule has 1 aliphatic heterocycles. The molecular formula is C23H15BrClF3N2O4S. The van der Waals surface area contributed by atoms with Crippen molar-refractivity contribution in [3.8, 4) is 5.75 Å². The number of hydrogen-bond donors (Lipinski definition) is 1. The number of aromatic hydroxyl groups is 1. The van der Waals surface area contributed by atoms with Crippen LogP contribution in [-0.2, 0) is 9.53 Å². The first kappa shape index (κ1) is 25.2. The number of thiazole rings is 1. The number of hydrogen-bond acceptors (Lipinski definition) is 6. The molecule has 0 saturated carbocycles. The minimum Gasteiger partial charge on any atom is -0.507 e. The number of phenolic OH excluding ortho intramolecular Hbond substituents is 1. The van der Waals surface area contributed by atoms with Crippen LogP contribution in [-0.4, -0.2) is 28.4 Å². The normalized spacial score (nSPS) is 16.2. The van der Waals surface area contributed by atoms with Crippen molar-refractivity contribution in [3.63, 3.8) is 0 Å². The maximum absolute atomic E-state index is 14.1. The van der Waals surface area contributed by atoms with Crippen molar-refractivity contribution in [2.75, 3.05) is 6.61 Å². The standard InChI is InChI=1S/C23H15BrClF3N2O4S/c1-2-34-21(33)17-18(12-4-6-13(25)7-5-12)30-20(32)16(10-11-3-8-15(31)14(24)9-11)35-22(30)29-19(17)23(26,27)28/h3-10,18,31H,2H2,1H3/b16-10-/t18-/m0/s1. The first-order valence-electron chi connectivity index (χ1n) is 10.1. The van der Waals surface area contributed by atoms with Gasteiger partial charge in [-0.3, -0.25) is 9.36 Å². The zero-order valence-electron chi connectivity index (χ0n) is 17.8. The summed E-state index contributed by atoms with van der Waals surface area (Å²) in [5.41, 5.74) is -2.09. The topological polar surface area (TPSA) is 80.9 Å². The molecule has 182 valence electrons. The quantitative estimate of drug-likeness (QED) is 0.457. The van der Waals surface area contributed by atoms with Crippen molar-refractivity contribution < 1.29 is 27.8 Å². The van der Waals surface area contributed by atoms with Gasteiger partial charge in [0.2, 0.25) is 0 Å². The molecule has 0 aliphatic carbocycles. The first-order chi connectivity index (χ1) is 16.5. The lowest BCUT2D eigenvalue weighted by Crippen LogP contribution is -2.41. The molecule has 1 aliphatic rings. The molecule has 1 atom stereocenters. The van der Waals surface area contributed by atoms with E-state index in [0.29, 0.717) is 15.1 Å². The molecule has 3 aromatic rings. The highest BCUT2D eigenvalue weighted by Crippen LogP contribution is 2.38. The number of carbonyl (C=O) groups is 1. The average molecular weight is 588 g/mol. The Balaban J connectivity index is 2.04. The Labute approximate surface area is 213 Å². The van der Waals surface area contributed by atoms with Gasteiger partial charge in [-0.2, -0.15) is 13.2 Å². The molecule has 0 fully saturated rings. The molecule has 2 aromatic carbocycles. The monoisotopic (exact) mass is 586 g/mol. The number of fused-ring (bicyclic) bond motifs is 1. The van der Waals surface area contributed by atoms with Gasteiger partial charge < -0.3 is 9.84 Å². The van der Waals surface area contributed by atoms with Crippen LogP contribution < -0.4 is 14.9 Å². The summed E-state index contributed by atoms with van der Waals surface area (Å²) in [6, 6.07) is 8.86. The van der Waals surface area contributed by atoms with E-state index in [9.17, 15) is 27.9 Å². The third-order valence-corrected chi connectivity index (χ3v) is 6.92. The lowest BCUT2D eigenvalue weighted by molar-refractivity contribution is -0.140. The van der Waals surface area contributed by atoms with Crippen molar-refractivity contribution in [3.05, 3.63) is 94.0 Å². The van der Waals surface area contributed by atoms with E-state index in [4.69, 9.17) is 16.3 Å². The molecule has 6 nitrogen and oxygen atoms in total. The van der Waals surface area contributed by atoms with E-state index >= 15 is 0 Å². The van der Waals surface area contributed by atoms with Crippen molar-refractivity contribution in [1.29, 1.82) is 0 Å². The Morgan fingerprint density at radius 2 is 1.97 bits per heavy atom. The summed E-state index contributed by atoms with van der Waals surface area (Å²) < 4.78 is 48.7. The van der Waals surface area contributed by atoms with E-state index in [1.54, 1.807) is 12.1 Å². The van der Waals surface area contributed by atoms with Gasteiger partial charge in [0.05, 0.1) is 27.2 Å². The Kier molecular flexibility index (Phi) is 6.94. The number of carbonyl (C=O) groups excluding carboxylic acids is 1. The SMILES string of the molecule is CCOC(=O)C1=C(C(F)(F)F)N=c2s/c(=C\c3ccc(O)c(Br)c3)c(=O)n2[C@H]1c1ccc(Cl)cc1. The molecule has 0 saturated heterocycles. The van der Waals surface area contributed by atoms with Gasteiger partial charge in [-0.15, -0.1) is 0 Å². The molecular weight excluding hydrogens is 573 g/mol. The molecule has 12 heteroatoms. The number of ether oxygens (including phenoxy) is 1. The Morgan fingerprint density at radius 1 is 1.29 bits per heavy atom. The van der Waals surface area contributed by atoms with E-state index in [1.807, 2.05) is 0 Å². The van der Waals surface area contributed by atoms with Crippen molar-refractivity contribution in [1.82, 2.24) is 4.57 Å². The number of rotatable bonds is 4. The van der Waals surface area contributed by atoms with Crippen LogP contribution in [0.15, 0.2) is 68.0 Å². The van der Waals surface area contributed by atoms with Gasteiger partial charge in [0.15, 0.2) is 10.5 Å². The largest absolute Gasteiger partial charge is 0.507 e. The van der Waals surface area contributed by atoms with E-state index in [-0.39, 0.29) is 27.3 Å². The van der Waals surface area contributed by atoms with Gasteiger partial charge in [0.1, 0.15) is 5.75 Å². The second-order valence-electron chi connectivity index (χ2n) is 7.33. The number of esters is 1. The van der Waals surface area contributed by atoms with Crippen LogP contribution in [0.3, 0.4) is 0 Å². The molecule has 0 spiro atoms. The second-order valence-corrected chi connectivity index (χ2v) is 9.63. The molecule has 0 unspecified atom stereocenters. The fourth-order valence-electron chi connectivity index (χ4n) is 3.57. The van der Waals surface area contributed by atoms with Crippen LogP contribution in [0.1, 0.15) is 24.1 Å². The summed E-state index contributed by atoms with van der Waals surface area (Å²) in [4.78, 5) is 29.7. The summed E-state index contributed by atoms with van der Waals surface area (Å²) in [7, 11) is 0. The predicted octanol–water partition coefficient (Wildman–Crippen LogP) is 4.46. The van der Waals surface area contributed by atoms with E-state index in [0.717, 1.165) is 15.9 Å². The highest BCUT2D eigenvalue weighted by Gasteiger charge is 2.45. The Morgan fingerprint density at radius 3 is 2.57 bits per heavy atom. The lowest BCUT2D eigenvalue weighted by atomic mass is 9.95. The summed E-state index contributed by atoms with van der Waals surface area (Å²) in [6.07, 6.45) is -3.52. The zero-order valence-corrected chi connectivity index (χ0v) is 20.9. The average Bonchev–Trinajstić information content (AvgIpc) is 3.10. The molecule has 4 rings (SSSR count). The third-order valence-electron chi connectivity index (χ3n) is 5.05. The van der Waals surface area contributed by atoms with E-state index in [1.165, 1.54) is 43.3 Å². The van der Waals surface area contributed by atoms with Crippen LogP contribution >= 0.6 is 38.9 Å². The number of phenols is 1. The van der Waals surface area contributed by atoms with Crippen LogP contribution in [0.25, 0.3) is 6.08 Å². The zero-order chi connectivity index (χ0) is 25.5. The number of allylic oxidation sites excluding steroid dienone is 1. The van der Waals surface area contributed by atoms with Crippen molar-refractivity contribution in [2.45, 2.75) is 19.1 Å². The van der Waals surface area contributed by atoms with Crippen molar-refractivity contribution >= 4 is 50.9 Å². The smallest absolute Gasteiger partial charge is 0.434 e. The molecule has 1 aromatic heterocycles. The summed E-state index contributed by atoms with van der Waals surface area (Å²) >= 11 is 9.90. The highest BCUT2D eigenvalue weighted by molar-refractivity contribution is 9.10. The minimum absolute atomic E-state index is 0.0137. The molecule has 0 radical (unpaired) electrons. The van der Waals surface area contributed by atoms with Crippen LogP contribution in [0.2, 0.25) is 5.02 Å². The lowest BCUT2D eigenvalue weighted by Gasteiger charge is -2.26. The van der Waals surface area contributed by atoms with E-state index in [2.05, 4.69) is 20.9 Å². The maximum atomic E-state index is 14.1. The fourth-order valence-corrected chi connectivity index (χ4v) is 5.09. The summed E-state index contributed by atoms with van der Waals surface area (Å²) in [6.45, 7) is 1.30. The maximum Gasteiger partial charge on any atom is 0.434 e. The summed E-state index contributed by atoms with van der Waals surface area (Å²) in [5.74, 6) is -1.24. The Hall–Kier alpha value is -2.89. The van der Waals surface area contributed by atoms with Crippen molar-refractivity contribution in [2.24, 2.45) is 4.99 Å². The number of benzene rings is 2. The molecule has 1 N–H and O–H groups in total. The molecule has 0 amide bonds. The van der Waals surface area contributed by atoms with E-state index < -0.39 is 35.0 Å². The van der Waals surface area contributed by atoms with Gasteiger partial charge in [-0.1, -0.05) is 41.1 Å². The molecule has 35 heavy (non-hydrogen) atoms. The number of alkyl halides is 3. The minimum atomic E-state index is -4.98. The number of aromatic nitrogens is 1. The van der Waals surface area contributed by atoms with Gasteiger partial charge in [-0.05, 0) is 64.3 Å².